The molecule has 0 aliphatic carbocycles. The van der Waals surface area contributed by atoms with Crippen LogP contribution in [0.25, 0.3) is 16.9 Å². The number of phenolic OH excluding ortho intramolecular Hbond substituents is 1. The van der Waals surface area contributed by atoms with Gasteiger partial charge >= 0.3 is 0 Å². The van der Waals surface area contributed by atoms with Crippen molar-refractivity contribution in [2.45, 2.75) is 52.4 Å². The lowest BCUT2D eigenvalue weighted by Gasteiger charge is -2.28. The third-order valence-corrected chi connectivity index (χ3v) is 7.18. The fourth-order valence-corrected chi connectivity index (χ4v) is 4.88. The van der Waals surface area contributed by atoms with Crippen molar-refractivity contribution in [3.05, 3.63) is 132 Å². The van der Waals surface area contributed by atoms with Gasteiger partial charge in [-0.2, -0.15) is 10.2 Å². The maximum Gasteiger partial charge on any atom is 0.154 e. The molecule has 0 aliphatic rings. The predicted molar refractivity (Wildman–Crippen MR) is 178 cm³/mol. The highest BCUT2D eigenvalue weighted by molar-refractivity contribution is 6.01. The molecule has 218 valence electrons. The van der Waals surface area contributed by atoms with Crippen LogP contribution in [0.5, 0.6) is 5.75 Å². The third-order valence-electron chi connectivity index (χ3n) is 7.18. The van der Waals surface area contributed by atoms with Crippen molar-refractivity contribution in [2.75, 3.05) is 0 Å². The summed E-state index contributed by atoms with van der Waals surface area (Å²) in [5.41, 5.74) is 9.68. The molecule has 6 nitrogen and oxygen atoms in total. The Morgan fingerprint density at radius 2 is 1.30 bits per heavy atom. The number of hydrogen-bond donors (Lipinski definition) is 2. The maximum absolute atomic E-state index is 11.3. The van der Waals surface area contributed by atoms with Crippen LogP contribution in [0.4, 0.5) is 5.69 Å². The summed E-state index contributed by atoms with van der Waals surface area (Å²) in [6.45, 7) is 12.6. The Labute approximate surface area is 254 Å². The lowest BCUT2D eigenvalue weighted by Crippen LogP contribution is -2.23. The molecule has 2 N–H and O–H groups in total. The summed E-state index contributed by atoms with van der Waals surface area (Å²) in [7, 11) is 0. The lowest BCUT2D eigenvalue weighted by molar-refractivity contribution is 0.423. The first-order valence-corrected chi connectivity index (χ1v) is 14.5. The molecule has 0 spiro atoms. The van der Waals surface area contributed by atoms with E-state index in [1.165, 1.54) is 0 Å². The molecule has 5 aromatic rings. The number of amidine groups is 1. The molecule has 0 atom stereocenters. The number of hydrogen-bond acceptors (Lipinski definition) is 4. The molecule has 0 aliphatic heterocycles. The minimum absolute atomic E-state index is 0.280. The average molecular weight is 570 g/mol. The smallest absolute Gasteiger partial charge is 0.154 e. The standard InChI is InChI=1S/C37H39N5O/c1-36(2,3)31-22-27(23-32(34(31)43)37(4,5)6)35(39-29-18-12-8-13-19-29)40-38-24-28-25-42(30-20-14-9-15-21-30)41-33(28)26-16-10-7-11-17-26/h7-25,43H,1-6H3,(H,39,40)/b38-24+. The summed E-state index contributed by atoms with van der Waals surface area (Å²) < 4.78 is 1.87. The zero-order valence-corrected chi connectivity index (χ0v) is 25.7. The van der Waals surface area contributed by atoms with E-state index in [2.05, 4.69) is 47.0 Å². The largest absolute Gasteiger partial charge is 0.507 e. The van der Waals surface area contributed by atoms with E-state index in [0.29, 0.717) is 11.6 Å². The summed E-state index contributed by atoms with van der Waals surface area (Å²) in [4.78, 5) is 4.96. The summed E-state index contributed by atoms with van der Waals surface area (Å²) in [6, 6.07) is 34.0. The van der Waals surface area contributed by atoms with Gasteiger partial charge in [-0.05, 0) is 47.2 Å². The van der Waals surface area contributed by atoms with Gasteiger partial charge in [0.1, 0.15) is 11.4 Å². The van der Waals surface area contributed by atoms with Gasteiger partial charge in [-0.3, -0.25) is 5.43 Å². The normalized spacial score (nSPS) is 12.6. The molecule has 0 unspecified atom stereocenters. The van der Waals surface area contributed by atoms with Gasteiger partial charge in [0, 0.05) is 34.0 Å². The van der Waals surface area contributed by atoms with Crippen LogP contribution in [0.2, 0.25) is 0 Å². The van der Waals surface area contributed by atoms with E-state index < -0.39 is 0 Å². The van der Waals surface area contributed by atoms with Crippen molar-refractivity contribution in [1.82, 2.24) is 15.2 Å². The van der Waals surface area contributed by atoms with E-state index in [1.807, 2.05) is 114 Å². The van der Waals surface area contributed by atoms with E-state index in [-0.39, 0.29) is 10.8 Å². The number of aromatic hydroxyl groups is 1. The van der Waals surface area contributed by atoms with Gasteiger partial charge in [0.15, 0.2) is 5.84 Å². The molecular weight excluding hydrogens is 530 g/mol. The van der Waals surface area contributed by atoms with Crippen molar-refractivity contribution in [1.29, 1.82) is 0 Å². The van der Waals surface area contributed by atoms with Crippen LogP contribution in [0.3, 0.4) is 0 Å². The molecule has 4 aromatic carbocycles. The molecule has 5 rings (SSSR count). The molecule has 43 heavy (non-hydrogen) atoms. The molecule has 0 saturated heterocycles. The first-order valence-electron chi connectivity index (χ1n) is 14.5. The Morgan fingerprint density at radius 3 is 1.86 bits per heavy atom. The molecule has 0 radical (unpaired) electrons. The van der Waals surface area contributed by atoms with Crippen molar-refractivity contribution in [3.63, 3.8) is 0 Å². The highest BCUT2D eigenvalue weighted by atomic mass is 16.3. The summed E-state index contributed by atoms with van der Waals surface area (Å²) in [6.07, 6.45) is 3.76. The molecule has 0 fully saturated rings. The number of nitrogens with zero attached hydrogens (tertiary/aromatic N) is 4. The zero-order valence-electron chi connectivity index (χ0n) is 25.7. The Morgan fingerprint density at radius 1 is 0.767 bits per heavy atom. The zero-order chi connectivity index (χ0) is 30.6. The molecular formula is C37H39N5O. The fraction of sp³-hybridized carbons (Fsp3) is 0.216. The van der Waals surface area contributed by atoms with Crippen LogP contribution in [-0.2, 0) is 10.8 Å². The number of hydrazone groups is 1. The Bertz CT molecular complexity index is 1710. The lowest BCUT2D eigenvalue weighted by atomic mass is 9.78. The van der Waals surface area contributed by atoms with Gasteiger partial charge in [0.2, 0.25) is 0 Å². The first-order chi connectivity index (χ1) is 20.5. The van der Waals surface area contributed by atoms with E-state index in [1.54, 1.807) is 6.21 Å². The first kappa shape index (κ1) is 29.5. The average Bonchev–Trinajstić information content (AvgIpc) is 3.41. The SMILES string of the molecule is CC(C)(C)c1cc(C(=Nc2ccccc2)N/N=C/c2cn(-c3ccccc3)nc2-c2ccccc2)cc(C(C)(C)C)c1O. The second-order valence-electron chi connectivity index (χ2n) is 12.7. The highest BCUT2D eigenvalue weighted by Gasteiger charge is 2.27. The van der Waals surface area contributed by atoms with E-state index in [4.69, 9.17) is 15.2 Å². The van der Waals surface area contributed by atoms with Crippen molar-refractivity contribution in [3.8, 4) is 22.7 Å². The highest BCUT2D eigenvalue weighted by Crippen LogP contribution is 2.40. The predicted octanol–water partition coefficient (Wildman–Crippen LogP) is 8.54. The van der Waals surface area contributed by atoms with Crippen LogP contribution < -0.4 is 5.43 Å². The van der Waals surface area contributed by atoms with Gasteiger partial charge in [-0.15, -0.1) is 0 Å². The van der Waals surface area contributed by atoms with Crippen molar-refractivity contribution in [2.24, 2.45) is 10.1 Å². The van der Waals surface area contributed by atoms with E-state index in [0.717, 1.165) is 44.9 Å². The molecule has 0 bridgehead atoms. The number of phenols is 1. The number of rotatable bonds is 6. The molecule has 0 amide bonds. The van der Waals surface area contributed by atoms with E-state index in [9.17, 15) is 5.11 Å². The van der Waals surface area contributed by atoms with Gasteiger partial charge in [-0.1, -0.05) is 108 Å². The van der Waals surface area contributed by atoms with Crippen LogP contribution in [0.1, 0.15) is 63.8 Å². The number of para-hydroxylation sites is 2. The molecule has 0 saturated carbocycles. The third kappa shape index (κ3) is 6.92. The Balaban J connectivity index is 1.59. The van der Waals surface area contributed by atoms with Crippen LogP contribution in [0.15, 0.2) is 119 Å². The molecule has 6 heteroatoms. The monoisotopic (exact) mass is 569 g/mol. The Hall–Kier alpha value is -4.97. The van der Waals surface area contributed by atoms with Crippen LogP contribution in [-0.4, -0.2) is 26.9 Å². The fourth-order valence-electron chi connectivity index (χ4n) is 4.88. The second kappa shape index (κ2) is 12.1. The topological polar surface area (TPSA) is 74.8 Å². The van der Waals surface area contributed by atoms with Crippen LogP contribution >= 0.6 is 0 Å². The molecule has 1 heterocycles. The number of aliphatic imine (C=N–C) groups is 1. The quantitative estimate of drug-likeness (QED) is 0.122. The summed E-state index contributed by atoms with van der Waals surface area (Å²) in [5.74, 6) is 0.905. The minimum atomic E-state index is -0.280. The van der Waals surface area contributed by atoms with Crippen molar-refractivity contribution < 1.29 is 5.11 Å². The van der Waals surface area contributed by atoms with Gasteiger partial charge in [-0.25, -0.2) is 9.67 Å². The summed E-state index contributed by atoms with van der Waals surface area (Å²) in [5, 5.41) is 20.9. The van der Waals surface area contributed by atoms with Crippen molar-refractivity contribution >= 4 is 17.7 Å². The van der Waals surface area contributed by atoms with Gasteiger partial charge in [0.05, 0.1) is 17.6 Å². The second-order valence-corrected chi connectivity index (χ2v) is 12.7. The number of aromatic nitrogens is 2. The Kier molecular flexibility index (Phi) is 8.31. The molecule has 1 aromatic heterocycles. The minimum Gasteiger partial charge on any atom is -0.507 e. The number of nitrogens with one attached hydrogen (secondary N) is 1. The van der Waals surface area contributed by atoms with Gasteiger partial charge in [0.25, 0.3) is 0 Å². The van der Waals surface area contributed by atoms with E-state index >= 15 is 0 Å². The van der Waals surface area contributed by atoms with Gasteiger partial charge < -0.3 is 5.11 Å². The maximum atomic E-state index is 11.3. The number of benzene rings is 4. The summed E-state index contributed by atoms with van der Waals surface area (Å²) >= 11 is 0. The van der Waals surface area contributed by atoms with Crippen LogP contribution in [0, 0.1) is 0 Å².